The summed E-state index contributed by atoms with van der Waals surface area (Å²) in [5.41, 5.74) is 1.03. The first-order chi connectivity index (χ1) is 7.84. The molecular weight excluding hydrogens is 252 g/mol. The molecule has 17 heavy (non-hydrogen) atoms. The van der Waals surface area contributed by atoms with Gasteiger partial charge in [0.05, 0.1) is 22.5 Å². The van der Waals surface area contributed by atoms with Crippen molar-refractivity contribution >= 4 is 29.0 Å². The lowest BCUT2D eigenvalue weighted by Crippen LogP contribution is -2.30. The van der Waals surface area contributed by atoms with Gasteiger partial charge in [-0.15, -0.1) is 11.3 Å². The Kier molecular flexibility index (Phi) is 5.01. The van der Waals surface area contributed by atoms with Crippen LogP contribution in [-0.2, 0) is 16.8 Å². The number of thiazole rings is 1. The molecule has 0 fully saturated rings. The number of hydrogen-bond donors (Lipinski definition) is 1. The van der Waals surface area contributed by atoms with Crippen LogP contribution in [-0.4, -0.2) is 22.4 Å². The molecule has 0 bridgehead atoms. The molecule has 1 aromatic heterocycles. The first-order valence-corrected chi connectivity index (χ1v) is 7.76. The van der Waals surface area contributed by atoms with E-state index in [2.05, 4.69) is 31.1 Å². The second-order valence-electron chi connectivity index (χ2n) is 4.99. The largest absolute Gasteiger partial charge is 0.349 e. The number of rotatable bonds is 4. The Bertz CT molecular complexity index is 382. The zero-order valence-corrected chi connectivity index (χ0v) is 12.7. The van der Waals surface area contributed by atoms with Crippen LogP contribution in [0.1, 0.15) is 38.4 Å². The first-order valence-electron chi connectivity index (χ1n) is 5.60. The Morgan fingerprint density at radius 1 is 1.59 bits per heavy atom. The summed E-state index contributed by atoms with van der Waals surface area (Å²) in [7, 11) is 0. The third kappa shape index (κ3) is 4.32. The molecule has 1 atom stereocenters. The third-order valence-electron chi connectivity index (χ3n) is 2.36. The Balaban J connectivity index is 2.54. The van der Waals surface area contributed by atoms with Gasteiger partial charge >= 0.3 is 0 Å². The molecule has 1 aromatic rings. The summed E-state index contributed by atoms with van der Waals surface area (Å²) >= 11 is 3.20. The number of thioether (sulfide) groups is 1. The summed E-state index contributed by atoms with van der Waals surface area (Å²) in [5.74, 6) is 0.0720. The maximum atomic E-state index is 11.6. The summed E-state index contributed by atoms with van der Waals surface area (Å²) in [6, 6.07) is 0. The van der Waals surface area contributed by atoms with Gasteiger partial charge in [0.2, 0.25) is 5.91 Å². The molecule has 0 unspecified atom stereocenters. The molecular formula is C12H20N2OS2. The monoisotopic (exact) mass is 272 g/mol. The normalized spacial score (nSPS) is 13.5. The highest BCUT2D eigenvalue weighted by Crippen LogP contribution is 2.25. The van der Waals surface area contributed by atoms with Crippen LogP contribution < -0.4 is 5.32 Å². The molecule has 1 heterocycles. The van der Waals surface area contributed by atoms with Gasteiger partial charge in [-0.1, -0.05) is 20.8 Å². The van der Waals surface area contributed by atoms with Gasteiger partial charge in [-0.3, -0.25) is 4.79 Å². The summed E-state index contributed by atoms with van der Waals surface area (Å²) in [5, 5.41) is 6.02. The van der Waals surface area contributed by atoms with Gasteiger partial charge < -0.3 is 5.32 Å². The van der Waals surface area contributed by atoms with E-state index >= 15 is 0 Å². The van der Waals surface area contributed by atoms with Crippen LogP contribution in [0.3, 0.4) is 0 Å². The van der Waals surface area contributed by atoms with Gasteiger partial charge in [0, 0.05) is 10.8 Å². The molecule has 0 aromatic carbocycles. The van der Waals surface area contributed by atoms with Crippen LogP contribution in [0.5, 0.6) is 0 Å². The molecule has 1 amide bonds. The number of carbonyl (C=O) groups is 1. The van der Waals surface area contributed by atoms with Crippen LogP contribution >= 0.6 is 23.1 Å². The van der Waals surface area contributed by atoms with Gasteiger partial charge in [0.15, 0.2) is 0 Å². The molecule has 0 aliphatic heterocycles. The zero-order chi connectivity index (χ0) is 13.1. The molecule has 5 heteroatoms. The van der Waals surface area contributed by atoms with E-state index < -0.39 is 0 Å². The van der Waals surface area contributed by atoms with E-state index in [1.165, 1.54) is 0 Å². The van der Waals surface area contributed by atoms with Gasteiger partial charge in [-0.25, -0.2) is 4.98 Å². The highest BCUT2D eigenvalue weighted by molar-refractivity contribution is 7.99. The maximum Gasteiger partial charge on any atom is 0.233 e. The molecule has 0 aliphatic carbocycles. The van der Waals surface area contributed by atoms with Crippen molar-refractivity contribution in [3.63, 3.8) is 0 Å². The quantitative estimate of drug-likeness (QED) is 0.916. The Hall–Kier alpha value is -0.550. The van der Waals surface area contributed by atoms with Crippen molar-refractivity contribution in [3.8, 4) is 0 Å². The molecule has 96 valence electrons. The number of aromatic nitrogens is 1. The summed E-state index contributed by atoms with van der Waals surface area (Å²) in [4.78, 5) is 16.1. The van der Waals surface area contributed by atoms with E-state index in [1.54, 1.807) is 23.1 Å². The Morgan fingerprint density at radius 2 is 2.24 bits per heavy atom. The Morgan fingerprint density at radius 3 is 2.71 bits per heavy atom. The van der Waals surface area contributed by atoms with E-state index in [1.807, 2.05) is 18.6 Å². The van der Waals surface area contributed by atoms with Gasteiger partial charge in [-0.2, -0.15) is 11.8 Å². The molecule has 0 saturated heterocycles. The molecule has 0 saturated carbocycles. The van der Waals surface area contributed by atoms with Gasteiger partial charge in [0.25, 0.3) is 0 Å². The zero-order valence-electron chi connectivity index (χ0n) is 11.0. The minimum atomic E-state index is -0.00396. The van der Waals surface area contributed by atoms with Crippen LogP contribution in [0.15, 0.2) is 5.38 Å². The maximum absolute atomic E-state index is 11.6. The van der Waals surface area contributed by atoms with Crippen LogP contribution in [0.2, 0.25) is 0 Å². The number of nitrogens with one attached hydrogen (secondary N) is 1. The average Bonchev–Trinajstić information content (AvgIpc) is 2.72. The second-order valence-corrected chi connectivity index (χ2v) is 7.03. The van der Waals surface area contributed by atoms with E-state index in [9.17, 15) is 4.79 Å². The van der Waals surface area contributed by atoms with E-state index in [0.717, 1.165) is 10.7 Å². The lowest BCUT2D eigenvalue weighted by atomic mass is 9.98. The van der Waals surface area contributed by atoms with Crippen LogP contribution in [0.25, 0.3) is 0 Å². The van der Waals surface area contributed by atoms with Crippen molar-refractivity contribution in [2.24, 2.45) is 0 Å². The SMILES string of the molecule is CS[C@H](C)C(=O)NCc1csc(C(C)(C)C)n1. The van der Waals surface area contributed by atoms with Gasteiger partial charge in [0.1, 0.15) is 0 Å². The van der Waals surface area contributed by atoms with Crippen molar-refractivity contribution in [1.29, 1.82) is 0 Å². The lowest BCUT2D eigenvalue weighted by Gasteiger charge is -2.13. The number of carbonyl (C=O) groups excluding carboxylic acids is 1. The van der Waals surface area contributed by atoms with Gasteiger partial charge in [-0.05, 0) is 13.2 Å². The third-order valence-corrected chi connectivity index (χ3v) is 4.60. The predicted octanol–water partition coefficient (Wildman–Crippen LogP) is 2.81. The fraction of sp³-hybridized carbons (Fsp3) is 0.667. The summed E-state index contributed by atoms with van der Waals surface area (Å²) in [6.45, 7) is 8.86. The van der Waals surface area contributed by atoms with Crippen molar-refractivity contribution < 1.29 is 4.79 Å². The first kappa shape index (κ1) is 14.5. The predicted molar refractivity (Wildman–Crippen MR) is 75.6 cm³/mol. The molecule has 0 aliphatic rings. The average molecular weight is 272 g/mol. The summed E-state index contributed by atoms with van der Waals surface area (Å²) < 4.78 is 0. The molecule has 0 radical (unpaired) electrons. The topological polar surface area (TPSA) is 42.0 Å². The molecule has 0 spiro atoms. The Labute approximate surface area is 111 Å². The van der Waals surface area contributed by atoms with Crippen LogP contribution in [0.4, 0.5) is 0 Å². The van der Waals surface area contributed by atoms with Crippen LogP contribution in [0, 0.1) is 0 Å². The highest BCUT2D eigenvalue weighted by atomic mass is 32.2. The second kappa shape index (κ2) is 5.87. The number of amides is 1. The minimum Gasteiger partial charge on any atom is -0.349 e. The smallest absolute Gasteiger partial charge is 0.233 e. The molecule has 1 N–H and O–H groups in total. The highest BCUT2D eigenvalue weighted by Gasteiger charge is 2.18. The summed E-state index contributed by atoms with van der Waals surface area (Å²) in [6.07, 6.45) is 1.94. The minimum absolute atomic E-state index is 0.00396. The van der Waals surface area contributed by atoms with E-state index in [-0.39, 0.29) is 16.6 Å². The van der Waals surface area contributed by atoms with Crippen molar-refractivity contribution in [2.45, 2.75) is 44.9 Å². The van der Waals surface area contributed by atoms with Crippen molar-refractivity contribution in [2.75, 3.05) is 6.26 Å². The fourth-order valence-corrected chi connectivity index (χ4v) is 2.37. The number of nitrogens with zero attached hydrogens (tertiary/aromatic N) is 1. The van der Waals surface area contributed by atoms with E-state index in [4.69, 9.17) is 0 Å². The standard InChI is InChI=1S/C12H20N2OS2/c1-8(16-5)10(15)13-6-9-7-17-11(14-9)12(2,3)4/h7-8H,6H2,1-5H3,(H,13,15)/t8-/m1/s1. The number of hydrogen-bond acceptors (Lipinski definition) is 4. The molecule has 1 rings (SSSR count). The van der Waals surface area contributed by atoms with Crippen molar-refractivity contribution in [1.82, 2.24) is 10.3 Å². The fourth-order valence-electron chi connectivity index (χ4n) is 1.16. The van der Waals surface area contributed by atoms with E-state index in [0.29, 0.717) is 6.54 Å². The molecule has 3 nitrogen and oxygen atoms in total. The lowest BCUT2D eigenvalue weighted by molar-refractivity contribution is -0.120. The van der Waals surface area contributed by atoms with Crippen molar-refractivity contribution in [3.05, 3.63) is 16.1 Å².